The number of hydrogen-bond acceptors (Lipinski definition) is 9. The minimum Gasteiger partial charge on any atom is -0.490 e. The van der Waals surface area contributed by atoms with E-state index in [1.807, 2.05) is 109 Å². The summed E-state index contributed by atoms with van der Waals surface area (Å²) in [7, 11) is -7.52. The highest BCUT2D eigenvalue weighted by Gasteiger charge is 2.37. The molecule has 0 radical (unpaired) electrons. The maximum absolute atomic E-state index is 13.9. The quantitative estimate of drug-likeness (QED) is 0.0583. The zero-order valence-electron chi connectivity index (χ0n) is 46.3. The topological polar surface area (TPSA) is 114 Å². The Morgan fingerprint density at radius 3 is 0.949 bits per heavy atom. The van der Waals surface area contributed by atoms with E-state index in [-0.39, 0.29) is 36.7 Å². The Balaban J connectivity index is 0.842. The Bertz CT molecular complexity index is 3440. The molecule has 0 aliphatic heterocycles. The molecule has 11 heteroatoms. The van der Waals surface area contributed by atoms with Crippen LogP contribution in [0, 0.1) is 0 Å². The smallest absolute Gasteiger partial charge is 0.206 e. The van der Waals surface area contributed by atoms with Crippen molar-refractivity contribution < 1.29 is 40.5 Å². The van der Waals surface area contributed by atoms with Gasteiger partial charge in [-0.15, -0.1) is 0 Å². The first-order chi connectivity index (χ1) is 37.4. The first kappa shape index (κ1) is 56.9. The molecular formula is C67H72O9S2. The van der Waals surface area contributed by atoms with Crippen molar-refractivity contribution in [2.75, 3.05) is 0 Å². The van der Waals surface area contributed by atoms with Gasteiger partial charge in [0.25, 0.3) is 0 Å². The highest BCUT2D eigenvalue weighted by Crippen LogP contribution is 2.40. The second-order valence-electron chi connectivity index (χ2n) is 20.4. The molecule has 0 fully saturated rings. The summed E-state index contributed by atoms with van der Waals surface area (Å²) in [4.78, 5) is 0.845. The lowest BCUT2D eigenvalue weighted by molar-refractivity contribution is 0.0802. The third-order valence-corrected chi connectivity index (χ3v) is 19.6. The largest absolute Gasteiger partial charge is 0.490 e. The molecule has 0 heterocycles. The van der Waals surface area contributed by atoms with Crippen molar-refractivity contribution in [3.63, 3.8) is 0 Å². The summed E-state index contributed by atoms with van der Waals surface area (Å²) in [6, 6.07) is 58.0. The number of hydrogen-bond donors (Lipinski definition) is 0. The van der Waals surface area contributed by atoms with E-state index >= 15 is 0 Å². The van der Waals surface area contributed by atoms with Crippen molar-refractivity contribution in [1.82, 2.24) is 0 Å². The first-order valence-corrected chi connectivity index (χ1v) is 30.1. The van der Waals surface area contributed by atoms with Gasteiger partial charge in [0.2, 0.25) is 19.7 Å². The van der Waals surface area contributed by atoms with E-state index in [9.17, 15) is 16.8 Å². The molecule has 406 valence electrons. The van der Waals surface area contributed by atoms with Crippen molar-refractivity contribution in [3.8, 4) is 57.1 Å². The summed E-state index contributed by atoms with van der Waals surface area (Å²) < 4.78 is 85.8. The van der Waals surface area contributed by atoms with Crippen molar-refractivity contribution in [3.05, 3.63) is 205 Å². The Morgan fingerprint density at radius 1 is 0.346 bits per heavy atom. The van der Waals surface area contributed by atoms with E-state index in [4.69, 9.17) is 23.7 Å². The van der Waals surface area contributed by atoms with Gasteiger partial charge in [0.05, 0.1) is 19.6 Å². The van der Waals surface area contributed by atoms with Gasteiger partial charge in [-0.2, -0.15) is 0 Å². The zero-order chi connectivity index (χ0) is 55.7. The minimum atomic E-state index is -3.82. The van der Waals surface area contributed by atoms with E-state index in [2.05, 4.69) is 62.3 Å². The zero-order valence-corrected chi connectivity index (χ0v) is 47.9. The molecule has 0 aliphatic carbocycles. The van der Waals surface area contributed by atoms with Crippen LogP contribution in [0.3, 0.4) is 0 Å². The normalized spacial score (nSPS) is 12.6. The lowest BCUT2D eigenvalue weighted by Gasteiger charge is -2.38. The molecule has 0 aromatic heterocycles. The fourth-order valence-electron chi connectivity index (χ4n) is 9.77. The highest BCUT2D eigenvalue weighted by molar-refractivity contribution is 7.91. The van der Waals surface area contributed by atoms with E-state index < -0.39 is 25.1 Å². The molecule has 0 N–H and O–H groups in total. The predicted octanol–water partition coefficient (Wildman–Crippen LogP) is 18.0. The summed E-state index contributed by atoms with van der Waals surface area (Å²) in [5, 5.41) is 0. The fourth-order valence-corrected chi connectivity index (χ4v) is 12.3. The van der Waals surface area contributed by atoms with Gasteiger partial charge in [0.1, 0.15) is 57.7 Å². The van der Waals surface area contributed by atoms with Crippen molar-refractivity contribution in [2.24, 2.45) is 0 Å². The average molecular weight is 1090 g/mol. The van der Waals surface area contributed by atoms with Crippen LogP contribution in [0.5, 0.6) is 46.0 Å². The molecule has 0 amide bonds. The van der Waals surface area contributed by atoms with Crippen molar-refractivity contribution in [1.29, 1.82) is 0 Å². The third kappa shape index (κ3) is 12.6. The van der Waals surface area contributed by atoms with Gasteiger partial charge in [0, 0.05) is 5.41 Å². The van der Waals surface area contributed by atoms with Crippen LogP contribution in [0.1, 0.15) is 112 Å². The standard InChI is InChI=1S/C67H72O9S2/c1-10-65(8,11-2)51-20-40-61(41-21-51)77(68,69)63-44-36-58(37-45-63)73-54-26-18-50(19-27-54)49-16-24-53(25-17-49)72-48(7)67(14-5,15-6)52-22-42-62(43-23-52)78(70,71)64-46-38-59(39-47-64)75-56-30-28-55(29-31-56)74-57-32-34-60(35-33-57)76-66(9,12-3)13-4/h16-48H,10-15H2,1-9H3. The SMILES string of the molecule is CCC(C)(CC)Oc1ccc(Oc2ccc(Oc3ccc(S(=O)(=O)c4ccc(C(CC)(CC)C(C)Oc5ccc(-c6ccc(Oc7ccc(S(=O)(=O)c8ccc(C(C)(CC)CC)cc8)cc7)cc6)cc5)cc4)cc3)cc2)cc1. The third-order valence-electron chi connectivity index (χ3n) is 16.0. The Labute approximate surface area is 463 Å². The maximum Gasteiger partial charge on any atom is 0.206 e. The maximum atomic E-state index is 13.9. The Hall–Kier alpha value is -7.34. The van der Waals surface area contributed by atoms with Crippen molar-refractivity contribution in [2.45, 2.75) is 143 Å². The molecule has 78 heavy (non-hydrogen) atoms. The lowest BCUT2D eigenvalue weighted by Crippen LogP contribution is -2.40. The van der Waals surface area contributed by atoms with Gasteiger partial charge >= 0.3 is 0 Å². The van der Waals surface area contributed by atoms with Crippen LogP contribution in [0.2, 0.25) is 0 Å². The van der Waals surface area contributed by atoms with Crippen LogP contribution in [0.4, 0.5) is 0 Å². The van der Waals surface area contributed by atoms with Gasteiger partial charge < -0.3 is 23.7 Å². The second-order valence-corrected chi connectivity index (χ2v) is 24.3. The summed E-state index contributed by atoms with van der Waals surface area (Å²) in [5.41, 5.74) is 3.55. The van der Waals surface area contributed by atoms with Crippen LogP contribution in [0.25, 0.3) is 11.1 Å². The number of sulfone groups is 2. The molecule has 8 aromatic rings. The summed E-state index contributed by atoms with van der Waals surface area (Å²) in [5.74, 6) is 5.10. The van der Waals surface area contributed by atoms with Gasteiger partial charge in [0.15, 0.2) is 0 Å². The molecule has 1 unspecified atom stereocenters. The van der Waals surface area contributed by atoms with Gasteiger partial charge in [-0.1, -0.05) is 97.0 Å². The van der Waals surface area contributed by atoms with Crippen LogP contribution < -0.4 is 23.7 Å². The molecule has 0 spiro atoms. The molecule has 0 bridgehead atoms. The van der Waals surface area contributed by atoms with E-state index in [0.717, 1.165) is 72.3 Å². The monoisotopic (exact) mass is 1080 g/mol. The second kappa shape index (κ2) is 24.1. The molecule has 1 atom stereocenters. The first-order valence-electron chi connectivity index (χ1n) is 27.1. The number of ether oxygens (including phenoxy) is 5. The molecule has 8 rings (SSSR count). The fraction of sp³-hybridized carbons (Fsp3) is 0.284. The van der Waals surface area contributed by atoms with Gasteiger partial charge in [-0.25, -0.2) is 16.8 Å². The van der Waals surface area contributed by atoms with Crippen LogP contribution >= 0.6 is 0 Å². The van der Waals surface area contributed by atoms with E-state index in [0.29, 0.717) is 34.5 Å². The van der Waals surface area contributed by atoms with Gasteiger partial charge in [-0.3, -0.25) is 0 Å². The Kier molecular flexibility index (Phi) is 17.6. The summed E-state index contributed by atoms with van der Waals surface area (Å²) in [6.07, 6.45) is 5.09. The molecular weight excluding hydrogens is 1010 g/mol. The van der Waals surface area contributed by atoms with Gasteiger partial charge in [-0.05, 0) is 226 Å². The number of benzene rings is 8. The number of rotatable bonds is 24. The molecule has 0 saturated carbocycles. The average Bonchev–Trinajstić information content (AvgIpc) is 3.51. The van der Waals surface area contributed by atoms with Crippen LogP contribution in [-0.2, 0) is 30.5 Å². The Morgan fingerprint density at radius 2 is 0.628 bits per heavy atom. The van der Waals surface area contributed by atoms with E-state index in [1.165, 1.54) is 0 Å². The highest BCUT2D eigenvalue weighted by atomic mass is 32.2. The van der Waals surface area contributed by atoms with Crippen LogP contribution in [-0.4, -0.2) is 28.5 Å². The molecule has 0 saturated heterocycles. The van der Waals surface area contributed by atoms with E-state index in [1.54, 1.807) is 84.9 Å². The summed E-state index contributed by atoms with van der Waals surface area (Å²) >= 11 is 0. The molecule has 8 aromatic carbocycles. The predicted molar refractivity (Wildman–Crippen MR) is 312 cm³/mol. The molecule has 0 aliphatic rings. The van der Waals surface area contributed by atoms with Crippen LogP contribution in [0.15, 0.2) is 214 Å². The molecule has 9 nitrogen and oxygen atoms in total. The minimum absolute atomic E-state index is 0.00892. The summed E-state index contributed by atoms with van der Waals surface area (Å²) in [6.45, 7) is 19.2. The van der Waals surface area contributed by atoms with Crippen molar-refractivity contribution >= 4 is 19.7 Å². The lowest BCUT2D eigenvalue weighted by atomic mass is 9.72.